The van der Waals surface area contributed by atoms with Gasteiger partial charge in [0.15, 0.2) is 0 Å². The minimum absolute atomic E-state index is 0. The fraction of sp³-hybridized carbons (Fsp3) is 0.714. The minimum Gasteiger partial charge on any atom is -1.00 e. The third-order valence-electron chi connectivity index (χ3n) is 1.13. The Morgan fingerprint density at radius 2 is 1.90 bits per heavy atom. The first-order valence-electron chi connectivity index (χ1n) is 3.32. The van der Waals surface area contributed by atoms with E-state index < -0.39 is 0 Å². The predicted octanol–water partition coefficient (Wildman–Crippen LogP) is -1.27. The van der Waals surface area contributed by atoms with Crippen molar-refractivity contribution < 1.29 is 41.2 Å². The van der Waals surface area contributed by atoms with E-state index in [1.54, 1.807) is 6.08 Å². The van der Waals surface area contributed by atoms with Crippen molar-refractivity contribution in [1.82, 2.24) is 0 Å². The molecule has 56 valence electrons. The Kier molecular flexibility index (Phi) is 16.0. The quantitative estimate of drug-likeness (QED) is 0.294. The van der Waals surface area contributed by atoms with E-state index in [0.717, 1.165) is 31.9 Å². The van der Waals surface area contributed by atoms with Crippen LogP contribution in [0.3, 0.4) is 0 Å². The van der Waals surface area contributed by atoms with Crippen molar-refractivity contribution in [2.45, 2.75) is 25.7 Å². The molecule has 0 saturated heterocycles. The summed E-state index contributed by atoms with van der Waals surface area (Å²) in [5.41, 5.74) is 0. The van der Waals surface area contributed by atoms with Crippen molar-refractivity contribution in [3.63, 3.8) is 0 Å². The van der Waals surface area contributed by atoms with Gasteiger partial charge in [-0.3, -0.25) is 0 Å². The molecule has 0 radical (unpaired) electrons. The fourth-order valence-electron chi connectivity index (χ4n) is 0.625. The van der Waals surface area contributed by atoms with Crippen molar-refractivity contribution in [1.29, 1.82) is 0 Å². The maximum Gasteiger partial charge on any atom is 1.00 e. The van der Waals surface area contributed by atoms with Gasteiger partial charge in [-0.15, -0.1) is 0 Å². The third-order valence-corrected chi connectivity index (χ3v) is 1.13. The standard InChI is InChI=1S/C7H14O2.Na.H/c8-6-4-2-1-3-5-7-9;;/h4,6,8-9H,1-3,5,7H2;;/q;+1;-1/b6-4+;;. The molecule has 2 N–H and O–H groups in total. The van der Waals surface area contributed by atoms with Gasteiger partial charge >= 0.3 is 29.6 Å². The molecule has 2 nitrogen and oxygen atoms in total. The van der Waals surface area contributed by atoms with Gasteiger partial charge in [0.2, 0.25) is 0 Å². The first-order chi connectivity index (χ1) is 4.41. The van der Waals surface area contributed by atoms with Gasteiger partial charge < -0.3 is 11.6 Å². The summed E-state index contributed by atoms with van der Waals surface area (Å²) in [6.45, 7) is 0.281. The summed E-state index contributed by atoms with van der Waals surface area (Å²) in [5, 5.41) is 16.5. The molecule has 0 aromatic carbocycles. The average molecular weight is 154 g/mol. The number of allylic oxidation sites excluding steroid dienone is 1. The second kappa shape index (κ2) is 12.2. The zero-order chi connectivity index (χ0) is 6.95. The molecule has 0 atom stereocenters. The molecule has 0 rings (SSSR count). The van der Waals surface area contributed by atoms with E-state index in [2.05, 4.69) is 0 Å². The third kappa shape index (κ3) is 11.3. The van der Waals surface area contributed by atoms with Crippen LogP contribution < -0.4 is 29.6 Å². The Bertz CT molecular complexity index is 78.8. The maximum absolute atomic E-state index is 8.36. The molecule has 0 unspecified atom stereocenters. The maximum atomic E-state index is 8.36. The van der Waals surface area contributed by atoms with E-state index in [0.29, 0.717) is 0 Å². The molecular formula is C7H15NaO2. The molecule has 3 heteroatoms. The molecule has 0 spiro atoms. The number of unbranched alkanes of at least 4 members (excludes halogenated alkanes) is 3. The van der Waals surface area contributed by atoms with Crippen LogP contribution in [0, 0.1) is 0 Å². The van der Waals surface area contributed by atoms with E-state index in [1.165, 1.54) is 0 Å². The van der Waals surface area contributed by atoms with Crippen LogP contribution in [0.15, 0.2) is 12.3 Å². The van der Waals surface area contributed by atoms with Crippen LogP contribution in [0.25, 0.3) is 0 Å². The van der Waals surface area contributed by atoms with Crippen LogP contribution in [0.1, 0.15) is 27.1 Å². The van der Waals surface area contributed by atoms with Gasteiger partial charge in [0.25, 0.3) is 0 Å². The first-order valence-corrected chi connectivity index (χ1v) is 3.32. The number of hydrogen-bond acceptors (Lipinski definition) is 2. The second-order valence-electron chi connectivity index (χ2n) is 1.96. The van der Waals surface area contributed by atoms with Crippen molar-refractivity contribution in [3.8, 4) is 0 Å². The predicted molar refractivity (Wildman–Crippen MR) is 38.4 cm³/mol. The number of rotatable bonds is 5. The molecule has 0 aliphatic carbocycles. The number of aliphatic hydroxyl groups excluding tert-OH is 2. The molecule has 0 aromatic heterocycles. The van der Waals surface area contributed by atoms with E-state index >= 15 is 0 Å². The van der Waals surface area contributed by atoms with Crippen LogP contribution in [-0.2, 0) is 0 Å². The van der Waals surface area contributed by atoms with Gasteiger partial charge in [0.05, 0.1) is 6.26 Å². The zero-order valence-electron chi connectivity index (χ0n) is 7.58. The Labute approximate surface area is 85.7 Å². The van der Waals surface area contributed by atoms with Crippen LogP contribution in [-0.4, -0.2) is 16.8 Å². The summed E-state index contributed by atoms with van der Waals surface area (Å²) in [5.74, 6) is 0. The summed E-state index contributed by atoms with van der Waals surface area (Å²) < 4.78 is 0. The largest absolute Gasteiger partial charge is 1.00 e. The normalized spacial score (nSPS) is 9.70. The zero-order valence-corrected chi connectivity index (χ0v) is 8.58. The van der Waals surface area contributed by atoms with Gasteiger partial charge in [-0.2, -0.15) is 0 Å². The molecule has 0 aliphatic rings. The Morgan fingerprint density at radius 1 is 1.20 bits per heavy atom. The summed E-state index contributed by atoms with van der Waals surface area (Å²) in [6, 6.07) is 0. The molecule has 0 bridgehead atoms. The first kappa shape index (κ1) is 13.1. The van der Waals surface area contributed by atoms with Crippen molar-refractivity contribution in [2.24, 2.45) is 0 Å². The monoisotopic (exact) mass is 154 g/mol. The summed E-state index contributed by atoms with van der Waals surface area (Å²) in [7, 11) is 0. The molecule has 0 aliphatic heterocycles. The van der Waals surface area contributed by atoms with Crippen LogP contribution in [0.2, 0.25) is 0 Å². The van der Waals surface area contributed by atoms with E-state index in [4.69, 9.17) is 10.2 Å². The van der Waals surface area contributed by atoms with Crippen LogP contribution in [0.4, 0.5) is 0 Å². The van der Waals surface area contributed by atoms with Gasteiger partial charge in [-0.1, -0.05) is 12.5 Å². The number of aliphatic hydroxyl groups is 2. The summed E-state index contributed by atoms with van der Waals surface area (Å²) in [6.07, 6.45) is 6.67. The SMILES string of the molecule is O/C=C/CCCCCO.[H-].[Na+]. The summed E-state index contributed by atoms with van der Waals surface area (Å²) >= 11 is 0. The molecular weight excluding hydrogens is 139 g/mol. The van der Waals surface area contributed by atoms with Gasteiger partial charge in [0, 0.05) is 6.61 Å². The van der Waals surface area contributed by atoms with Gasteiger partial charge in [-0.05, 0) is 19.3 Å². The average Bonchev–Trinajstić information content (AvgIpc) is 1.89. The number of hydrogen-bond donors (Lipinski definition) is 2. The Hall–Kier alpha value is 0.500. The molecule has 0 amide bonds. The second-order valence-corrected chi connectivity index (χ2v) is 1.96. The van der Waals surface area contributed by atoms with E-state index in [-0.39, 0.29) is 37.6 Å². The van der Waals surface area contributed by atoms with Crippen LogP contribution >= 0.6 is 0 Å². The van der Waals surface area contributed by atoms with E-state index in [9.17, 15) is 0 Å². The van der Waals surface area contributed by atoms with Crippen LogP contribution in [0.5, 0.6) is 0 Å². The fourth-order valence-corrected chi connectivity index (χ4v) is 0.625. The minimum atomic E-state index is 0. The topological polar surface area (TPSA) is 40.5 Å². The van der Waals surface area contributed by atoms with Crippen molar-refractivity contribution >= 4 is 0 Å². The summed E-state index contributed by atoms with van der Waals surface area (Å²) in [4.78, 5) is 0. The Balaban J connectivity index is -0.000000320. The van der Waals surface area contributed by atoms with Gasteiger partial charge in [-0.25, -0.2) is 0 Å². The molecule has 0 heterocycles. The van der Waals surface area contributed by atoms with Crippen molar-refractivity contribution in [3.05, 3.63) is 12.3 Å². The molecule has 0 fully saturated rings. The van der Waals surface area contributed by atoms with Crippen molar-refractivity contribution in [2.75, 3.05) is 6.61 Å². The smallest absolute Gasteiger partial charge is 1.00 e. The van der Waals surface area contributed by atoms with Gasteiger partial charge in [0.1, 0.15) is 0 Å². The Morgan fingerprint density at radius 3 is 2.40 bits per heavy atom. The van der Waals surface area contributed by atoms with E-state index in [1.807, 2.05) is 0 Å². The molecule has 0 aromatic rings. The molecule has 10 heavy (non-hydrogen) atoms. The molecule has 0 saturated carbocycles.